The maximum absolute atomic E-state index is 3.91. The van der Waals surface area contributed by atoms with E-state index in [1.807, 2.05) is 33.8 Å². The van der Waals surface area contributed by atoms with Crippen LogP contribution in [0.15, 0.2) is 70.9 Å². The van der Waals surface area contributed by atoms with Gasteiger partial charge in [-0.3, -0.25) is 0 Å². The van der Waals surface area contributed by atoms with Crippen molar-refractivity contribution in [1.82, 2.24) is 0 Å². The highest BCUT2D eigenvalue weighted by molar-refractivity contribution is 5.63. The van der Waals surface area contributed by atoms with Crippen molar-refractivity contribution >= 4 is 0 Å². The summed E-state index contributed by atoms with van der Waals surface area (Å²) in [7, 11) is 0. The van der Waals surface area contributed by atoms with Crippen LogP contribution >= 0.6 is 0 Å². The zero-order valence-electron chi connectivity index (χ0n) is 14.1. The molecule has 0 saturated carbocycles. The van der Waals surface area contributed by atoms with Gasteiger partial charge in [0.05, 0.1) is 0 Å². The molecule has 0 aromatic carbocycles. The van der Waals surface area contributed by atoms with Crippen molar-refractivity contribution in [2.75, 3.05) is 0 Å². The topological polar surface area (TPSA) is 0 Å². The lowest BCUT2D eigenvalue weighted by molar-refractivity contribution is 1.18. The standard InChI is InChI=1S/C16H18.2C2H6/c1-4-7-15-13(5-2)11-14-10-12(3)8-6-9-16(14)15;2*1-2/h4-7,9-10H,2,8,11H2,1,3H3;2*1-2H3/b7-4-;;. The highest BCUT2D eigenvalue weighted by Gasteiger charge is 2.18. The van der Waals surface area contributed by atoms with Gasteiger partial charge in [0, 0.05) is 0 Å². The molecule has 2 aliphatic carbocycles. The first-order valence-electron chi connectivity index (χ1n) is 7.81. The van der Waals surface area contributed by atoms with Crippen LogP contribution < -0.4 is 0 Å². The Bertz CT molecular complexity index is 462. The summed E-state index contributed by atoms with van der Waals surface area (Å²) in [6.07, 6.45) is 15.2. The van der Waals surface area contributed by atoms with Gasteiger partial charge in [0.25, 0.3) is 0 Å². The predicted molar refractivity (Wildman–Crippen MR) is 93.9 cm³/mol. The lowest BCUT2D eigenvalue weighted by atomic mass is 10.0. The van der Waals surface area contributed by atoms with Crippen molar-refractivity contribution in [2.24, 2.45) is 0 Å². The first-order valence-corrected chi connectivity index (χ1v) is 7.81. The Morgan fingerprint density at radius 2 is 1.80 bits per heavy atom. The normalized spacial score (nSPS) is 16.8. The minimum Gasteiger partial charge on any atom is -0.0988 e. The molecular weight excluding hydrogens is 240 g/mol. The number of hydrogen-bond donors (Lipinski definition) is 0. The molecule has 20 heavy (non-hydrogen) atoms. The molecule has 0 aliphatic heterocycles. The van der Waals surface area contributed by atoms with E-state index in [0.717, 1.165) is 12.8 Å². The van der Waals surface area contributed by atoms with Gasteiger partial charge < -0.3 is 0 Å². The van der Waals surface area contributed by atoms with Gasteiger partial charge >= 0.3 is 0 Å². The molecule has 0 heterocycles. The molecule has 2 rings (SSSR count). The SMILES string of the molecule is C=CC1=C(/C=C\C)C2=C(C=C(C)CC=C2)C1.CC.CC. The molecule has 0 aromatic heterocycles. The molecule has 0 fully saturated rings. The Morgan fingerprint density at radius 1 is 1.15 bits per heavy atom. The summed E-state index contributed by atoms with van der Waals surface area (Å²) in [5.41, 5.74) is 6.94. The van der Waals surface area contributed by atoms with E-state index < -0.39 is 0 Å². The molecule has 0 unspecified atom stereocenters. The second-order valence-electron chi connectivity index (χ2n) is 4.36. The van der Waals surface area contributed by atoms with Gasteiger partial charge in [0.2, 0.25) is 0 Å². The van der Waals surface area contributed by atoms with E-state index in [1.165, 1.54) is 27.9 Å². The molecule has 0 aromatic rings. The second kappa shape index (κ2) is 10.3. The van der Waals surface area contributed by atoms with E-state index in [2.05, 4.69) is 50.8 Å². The van der Waals surface area contributed by atoms with E-state index in [1.54, 1.807) is 0 Å². The fourth-order valence-electron chi connectivity index (χ4n) is 2.33. The summed E-state index contributed by atoms with van der Waals surface area (Å²) < 4.78 is 0. The molecule has 0 spiro atoms. The summed E-state index contributed by atoms with van der Waals surface area (Å²) in [5.74, 6) is 0. The van der Waals surface area contributed by atoms with Crippen molar-refractivity contribution in [3.63, 3.8) is 0 Å². The number of rotatable bonds is 2. The van der Waals surface area contributed by atoms with Gasteiger partial charge in [-0.1, -0.05) is 76.3 Å². The fraction of sp³-hybridized carbons (Fsp3) is 0.400. The largest absolute Gasteiger partial charge is 0.0988 e. The van der Waals surface area contributed by atoms with Crippen LogP contribution in [-0.2, 0) is 0 Å². The maximum Gasteiger partial charge on any atom is -0.00137 e. The van der Waals surface area contributed by atoms with E-state index in [4.69, 9.17) is 0 Å². The molecule has 0 saturated heterocycles. The van der Waals surface area contributed by atoms with E-state index in [0.29, 0.717) is 0 Å². The molecule has 0 heteroatoms. The maximum atomic E-state index is 3.91. The lowest BCUT2D eigenvalue weighted by Crippen LogP contribution is -1.81. The quantitative estimate of drug-likeness (QED) is 0.523. The predicted octanol–water partition coefficient (Wildman–Crippen LogP) is 6.70. The van der Waals surface area contributed by atoms with Crippen LogP contribution in [0, 0.1) is 0 Å². The van der Waals surface area contributed by atoms with Gasteiger partial charge in [0.15, 0.2) is 0 Å². The summed E-state index contributed by atoms with van der Waals surface area (Å²) in [6, 6.07) is 0. The van der Waals surface area contributed by atoms with E-state index in [9.17, 15) is 0 Å². The summed E-state index contributed by atoms with van der Waals surface area (Å²) >= 11 is 0. The van der Waals surface area contributed by atoms with Gasteiger partial charge in [-0.05, 0) is 49.0 Å². The molecule has 0 N–H and O–H groups in total. The molecule has 110 valence electrons. The average Bonchev–Trinajstić information content (AvgIpc) is 2.70. The van der Waals surface area contributed by atoms with Gasteiger partial charge in [-0.25, -0.2) is 0 Å². The minimum absolute atomic E-state index is 1.03. The molecule has 0 nitrogen and oxygen atoms in total. The zero-order chi connectivity index (χ0) is 15.5. The molecule has 0 atom stereocenters. The highest BCUT2D eigenvalue weighted by Crippen LogP contribution is 2.37. The molecule has 0 radical (unpaired) electrons. The Labute approximate surface area is 126 Å². The Kier molecular flexibility index (Phi) is 9.45. The summed E-state index contributed by atoms with van der Waals surface area (Å²) in [4.78, 5) is 0. The van der Waals surface area contributed by atoms with E-state index >= 15 is 0 Å². The monoisotopic (exact) mass is 270 g/mol. The first kappa shape index (κ1) is 18.4. The Morgan fingerprint density at radius 3 is 2.35 bits per heavy atom. The van der Waals surface area contributed by atoms with Crippen LogP contribution in [0.3, 0.4) is 0 Å². The van der Waals surface area contributed by atoms with Crippen LogP contribution in [0.1, 0.15) is 54.4 Å². The summed E-state index contributed by atoms with van der Waals surface area (Å²) in [6.45, 7) is 16.2. The molecule has 0 bridgehead atoms. The summed E-state index contributed by atoms with van der Waals surface area (Å²) in [5, 5.41) is 0. The minimum atomic E-state index is 1.03. The third-order valence-corrected chi connectivity index (χ3v) is 3.09. The van der Waals surface area contributed by atoms with Crippen LogP contribution in [0.5, 0.6) is 0 Å². The van der Waals surface area contributed by atoms with Crippen molar-refractivity contribution < 1.29 is 0 Å². The van der Waals surface area contributed by atoms with Crippen molar-refractivity contribution in [3.05, 3.63) is 70.9 Å². The fourth-order valence-corrected chi connectivity index (χ4v) is 2.33. The molecule has 0 amide bonds. The number of hydrogen-bond acceptors (Lipinski definition) is 0. The third kappa shape index (κ3) is 4.52. The first-order chi connectivity index (χ1) is 9.76. The van der Waals surface area contributed by atoms with Crippen molar-refractivity contribution in [2.45, 2.75) is 54.4 Å². The van der Waals surface area contributed by atoms with Gasteiger partial charge in [0.1, 0.15) is 0 Å². The van der Waals surface area contributed by atoms with Gasteiger partial charge in [-0.15, -0.1) is 0 Å². The third-order valence-electron chi connectivity index (χ3n) is 3.09. The molecular formula is C20H30. The number of allylic oxidation sites excluding steroid dienone is 11. The Hall–Kier alpha value is -1.56. The van der Waals surface area contributed by atoms with Crippen molar-refractivity contribution in [1.29, 1.82) is 0 Å². The van der Waals surface area contributed by atoms with Crippen LogP contribution in [-0.4, -0.2) is 0 Å². The second-order valence-corrected chi connectivity index (χ2v) is 4.36. The zero-order valence-corrected chi connectivity index (χ0v) is 14.1. The highest BCUT2D eigenvalue weighted by atomic mass is 14.2. The Balaban J connectivity index is 0.000000829. The van der Waals surface area contributed by atoms with E-state index in [-0.39, 0.29) is 0 Å². The lowest BCUT2D eigenvalue weighted by Gasteiger charge is -2.00. The van der Waals surface area contributed by atoms with Gasteiger partial charge in [-0.2, -0.15) is 0 Å². The van der Waals surface area contributed by atoms with Crippen LogP contribution in [0.25, 0.3) is 0 Å². The van der Waals surface area contributed by atoms with Crippen molar-refractivity contribution in [3.8, 4) is 0 Å². The molecule has 2 aliphatic rings. The van der Waals surface area contributed by atoms with Crippen LogP contribution in [0.4, 0.5) is 0 Å². The smallest absolute Gasteiger partial charge is 0.00137 e. The van der Waals surface area contributed by atoms with Crippen LogP contribution in [0.2, 0.25) is 0 Å². The average molecular weight is 270 g/mol.